The van der Waals surface area contributed by atoms with Gasteiger partial charge in [0, 0.05) is 108 Å². The maximum atomic E-state index is 15.9. The van der Waals surface area contributed by atoms with E-state index < -0.39 is 28.9 Å². The summed E-state index contributed by atoms with van der Waals surface area (Å²) in [6.07, 6.45) is 1.09. The van der Waals surface area contributed by atoms with Crippen LogP contribution in [0.3, 0.4) is 0 Å². The van der Waals surface area contributed by atoms with Gasteiger partial charge in [-0.15, -0.1) is 141 Å². The van der Waals surface area contributed by atoms with Crippen LogP contribution in [0.5, 0.6) is 0 Å². The largest absolute Gasteiger partial charge is 0.478 e. The lowest BCUT2D eigenvalue weighted by Crippen LogP contribution is -2.61. The first-order valence-electron chi connectivity index (χ1n) is 25.5. The van der Waals surface area contributed by atoms with Crippen LogP contribution in [0.2, 0.25) is 0 Å². The van der Waals surface area contributed by atoms with E-state index in [0.29, 0.717) is 50.1 Å². The predicted octanol–water partition coefficient (Wildman–Crippen LogP) is 16.8. The van der Waals surface area contributed by atoms with E-state index in [4.69, 9.17) is 0 Å². The van der Waals surface area contributed by atoms with Gasteiger partial charge in [-0.2, -0.15) is 5.06 Å². The standard InChI is InChI=1S/C54H65N3O7S12/c1-47(2)21-23(22-48(3,4)57(47)64)43(58)55-17-19-56(20-18-55)44(59)28-37-31(65-49(5,6)71-37)25(32-38(28)72-50(7,8)66-32)24(26-33-39(73-51(9,10)67-33)29(45(60)61)40-34(26)68-52(11,12)74-40)27-35-41(75-53(13,14)69-35)30(46(62)63)42-36(27)70-54(15,16)76-42/h23-24,64H,17-22H2,1-16H3,(H,60,61)(H,62,63). The lowest BCUT2D eigenvalue weighted by Gasteiger charge is -2.51. The number of aromatic carboxylic acids is 2. The SMILES string of the molecule is CC1(C)Sc2c(c(C(c3c4c(c(C(=O)O)c5c3SC(C)(C)S5)SC(C)(C)S4)c3c4c(c(C(=O)N5CCN(C(=O)C6CC(C)(C)N(O)C(C)(C)C6)CC5)c5c3SC(C)(C)S5)SC(C)(C)S4)c3c(c2C(=O)O)SC(C)(C)S3)S1. The van der Waals surface area contributed by atoms with Gasteiger partial charge in [-0.05, 0) is 140 Å². The third-order valence-electron chi connectivity index (χ3n) is 14.6. The summed E-state index contributed by atoms with van der Waals surface area (Å²) in [4.78, 5) is 72.8. The van der Waals surface area contributed by atoms with E-state index in [1.807, 2.05) is 61.0 Å². The fourth-order valence-corrected chi connectivity index (χ4v) is 30.0. The summed E-state index contributed by atoms with van der Waals surface area (Å²) in [6.45, 7) is 36.0. The minimum absolute atomic E-state index is 0.0276. The number of hydroxylamine groups is 2. The monoisotopic (exact) mass is 1250 g/mol. The highest BCUT2D eigenvalue weighted by atomic mass is 32.2. The van der Waals surface area contributed by atoms with Crippen molar-refractivity contribution in [3.8, 4) is 0 Å². The molecule has 2 fully saturated rings. The van der Waals surface area contributed by atoms with Crippen molar-refractivity contribution < 1.29 is 34.6 Å². The minimum Gasteiger partial charge on any atom is -0.478 e. The maximum absolute atomic E-state index is 15.9. The lowest BCUT2D eigenvalue weighted by molar-refractivity contribution is -0.250. The highest BCUT2D eigenvalue weighted by Gasteiger charge is 2.55. The number of carboxylic acid groups (broad SMARTS) is 2. The van der Waals surface area contributed by atoms with Crippen LogP contribution in [0.15, 0.2) is 58.7 Å². The molecule has 11 rings (SSSR count). The number of carbonyl (C=O) groups excluding carboxylic acids is 2. The number of piperidine rings is 1. The second-order valence-electron chi connectivity index (χ2n) is 24.6. The smallest absolute Gasteiger partial charge is 0.338 e. The van der Waals surface area contributed by atoms with Crippen LogP contribution in [0, 0.1) is 5.92 Å². The number of carboxylic acids is 2. The molecule has 76 heavy (non-hydrogen) atoms. The normalized spacial score (nSPS) is 24.6. The zero-order valence-corrected chi connectivity index (χ0v) is 55.4. The van der Waals surface area contributed by atoms with Gasteiger partial charge in [0.15, 0.2) is 0 Å². The molecule has 10 nitrogen and oxygen atoms in total. The minimum atomic E-state index is -0.931. The quantitative estimate of drug-likeness (QED) is 0.193. The number of nitrogens with zero attached hydrogens (tertiary/aromatic N) is 3. The van der Waals surface area contributed by atoms with E-state index in [1.165, 1.54) is 5.06 Å². The molecule has 3 N–H and O–H groups in total. The van der Waals surface area contributed by atoms with Crippen molar-refractivity contribution in [2.24, 2.45) is 5.92 Å². The molecule has 3 aromatic rings. The summed E-state index contributed by atoms with van der Waals surface area (Å²) >= 11 is 20.6. The molecule has 8 aliphatic heterocycles. The average Bonchev–Trinajstić information content (AvgIpc) is 4.09. The van der Waals surface area contributed by atoms with E-state index in [-0.39, 0.29) is 42.2 Å². The Balaban J connectivity index is 1.16. The van der Waals surface area contributed by atoms with Crippen molar-refractivity contribution in [1.29, 1.82) is 0 Å². The summed E-state index contributed by atoms with van der Waals surface area (Å²) in [5.74, 6) is -2.53. The zero-order chi connectivity index (χ0) is 55.3. The molecule has 0 atom stereocenters. The van der Waals surface area contributed by atoms with Crippen molar-refractivity contribution in [2.75, 3.05) is 26.2 Å². The lowest BCUT2D eigenvalue weighted by atomic mass is 9.74. The van der Waals surface area contributed by atoms with Gasteiger partial charge in [0.25, 0.3) is 5.91 Å². The van der Waals surface area contributed by atoms with E-state index >= 15 is 4.79 Å². The van der Waals surface area contributed by atoms with E-state index in [1.54, 1.807) is 118 Å². The molecule has 0 spiro atoms. The highest BCUT2D eigenvalue weighted by molar-refractivity contribution is 8.23. The van der Waals surface area contributed by atoms with Crippen LogP contribution >= 0.6 is 141 Å². The molecule has 3 aromatic carbocycles. The number of piperazine rings is 1. The maximum Gasteiger partial charge on any atom is 0.338 e. The molecule has 0 unspecified atom stereocenters. The number of hydrogen-bond donors (Lipinski definition) is 3. The zero-order valence-electron chi connectivity index (χ0n) is 45.6. The third-order valence-corrected chi connectivity index (χ3v) is 31.7. The van der Waals surface area contributed by atoms with Crippen LogP contribution in [0.1, 0.15) is 177 Å². The fraction of sp³-hybridized carbons (Fsp3) is 0.593. The highest BCUT2D eigenvalue weighted by Crippen LogP contribution is 2.75. The summed E-state index contributed by atoms with van der Waals surface area (Å²) in [5.41, 5.74) is 3.63. The Morgan fingerprint density at radius 3 is 0.895 bits per heavy atom. The molecule has 8 aliphatic rings. The Morgan fingerprint density at radius 2 is 0.632 bits per heavy atom. The molecule has 22 heteroatoms. The Labute approximate surface area is 498 Å². The van der Waals surface area contributed by atoms with Gasteiger partial charge in [0.1, 0.15) is 0 Å². The molecule has 2 amide bonds. The third kappa shape index (κ3) is 9.76. The van der Waals surface area contributed by atoms with Gasteiger partial charge in [0.2, 0.25) is 5.91 Å². The van der Waals surface area contributed by atoms with E-state index in [0.717, 1.165) is 81.0 Å². The van der Waals surface area contributed by atoms with Gasteiger partial charge in [-0.3, -0.25) is 9.59 Å². The van der Waals surface area contributed by atoms with Crippen LogP contribution in [-0.4, -0.2) is 116 Å². The van der Waals surface area contributed by atoms with Crippen LogP contribution in [0.25, 0.3) is 0 Å². The summed E-state index contributed by atoms with van der Waals surface area (Å²) in [5, 5.41) is 35.0. The Kier molecular flexibility index (Phi) is 14.2. The molecule has 0 bridgehead atoms. The molecule has 0 saturated carbocycles. The number of carbonyl (C=O) groups is 4. The van der Waals surface area contributed by atoms with Gasteiger partial charge in [-0.1, -0.05) is 0 Å². The average molecular weight is 1250 g/mol. The molecule has 8 heterocycles. The Morgan fingerprint density at radius 1 is 0.395 bits per heavy atom. The van der Waals surface area contributed by atoms with Crippen LogP contribution in [-0.2, 0) is 4.79 Å². The summed E-state index contributed by atoms with van der Waals surface area (Å²) in [7, 11) is 0. The number of benzene rings is 3. The molecule has 410 valence electrons. The fourth-order valence-electron chi connectivity index (χ4n) is 12.1. The second kappa shape index (κ2) is 18.8. The van der Waals surface area contributed by atoms with Crippen molar-refractivity contribution >= 4 is 165 Å². The molecule has 0 radical (unpaired) electrons. The van der Waals surface area contributed by atoms with Gasteiger partial charge < -0.3 is 25.2 Å². The second-order valence-corrected chi connectivity index (χ2v) is 45.8. The van der Waals surface area contributed by atoms with Gasteiger partial charge >= 0.3 is 11.9 Å². The summed E-state index contributed by atoms with van der Waals surface area (Å²) in [6, 6.07) is 0. The van der Waals surface area contributed by atoms with E-state index in [9.17, 15) is 29.8 Å². The Hall–Kier alpha value is -0.340. The first-order valence-corrected chi connectivity index (χ1v) is 35.2. The Bertz CT molecular complexity index is 2880. The van der Waals surface area contributed by atoms with Crippen LogP contribution < -0.4 is 0 Å². The molecular formula is C54H65N3O7S12. The topological polar surface area (TPSA) is 139 Å². The number of rotatable bonds is 7. The predicted molar refractivity (Wildman–Crippen MR) is 326 cm³/mol. The van der Waals surface area contributed by atoms with Crippen LogP contribution in [0.4, 0.5) is 0 Å². The number of hydrogen-bond acceptors (Lipinski definition) is 18. The number of fused-ring (bicyclic) bond motifs is 6. The van der Waals surface area contributed by atoms with Crippen molar-refractivity contribution in [3.05, 3.63) is 33.4 Å². The van der Waals surface area contributed by atoms with Gasteiger partial charge in [-0.25, -0.2) is 9.59 Å². The summed E-state index contributed by atoms with van der Waals surface area (Å²) < 4.78 is -2.30. The molecule has 2 saturated heterocycles. The number of thioether (sulfide) groups is 12. The van der Waals surface area contributed by atoms with Gasteiger partial charge in [0.05, 0.1) is 41.2 Å². The molecule has 0 aliphatic carbocycles. The molecular weight excluding hydrogens is 1190 g/mol. The van der Waals surface area contributed by atoms with Crippen molar-refractivity contribution in [3.63, 3.8) is 0 Å². The molecule has 0 aromatic heterocycles. The first kappa shape index (κ1) is 57.5. The van der Waals surface area contributed by atoms with E-state index in [2.05, 4.69) is 83.1 Å². The number of amides is 2. The van der Waals surface area contributed by atoms with Crippen molar-refractivity contribution in [2.45, 2.75) is 224 Å². The first-order chi connectivity index (χ1) is 34.9. The van der Waals surface area contributed by atoms with Crippen molar-refractivity contribution in [1.82, 2.24) is 14.9 Å².